The summed E-state index contributed by atoms with van der Waals surface area (Å²) in [6, 6.07) is 9.07. The lowest BCUT2D eigenvalue weighted by atomic mass is 10.1. The summed E-state index contributed by atoms with van der Waals surface area (Å²) in [7, 11) is 0. The van der Waals surface area contributed by atoms with Crippen LogP contribution in [0.2, 0.25) is 0 Å². The Labute approximate surface area is 121 Å². The normalized spacial score (nSPS) is 18.3. The third kappa shape index (κ3) is 3.81. The number of piperazine rings is 1. The van der Waals surface area contributed by atoms with E-state index >= 15 is 0 Å². The summed E-state index contributed by atoms with van der Waals surface area (Å²) >= 11 is 0. The molecule has 1 aromatic rings. The van der Waals surface area contributed by atoms with Gasteiger partial charge in [0.25, 0.3) is 0 Å². The van der Waals surface area contributed by atoms with E-state index in [0.29, 0.717) is 5.92 Å². The Balaban J connectivity index is 1.89. The van der Waals surface area contributed by atoms with Gasteiger partial charge in [0.15, 0.2) is 0 Å². The van der Waals surface area contributed by atoms with Gasteiger partial charge >= 0.3 is 0 Å². The van der Waals surface area contributed by atoms with Gasteiger partial charge in [-0.2, -0.15) is 0 Å². The largest absolute Gasteiger partial charge is 0.338 e. The number of nitrogens with two attached hydrogens (primary N) is 1. The quantitative estimate of drug-likeness (QED) is 0.905. The highest BCUT2D eigenvalue weighted by Gasteiger charge is 2.26. The summed E-state index contributed by atoms with van der Waals surface area (Å²) in [6.07, 6.45) is 0. The van der Waals surface area contributed by atoms with Gasteiger partial charge in [0.2, 0.25) is 5.91 Å². The molecular weight excluding hydrogens is 250 g/mol. The van der Waals surface area contributed by atoms with Crippen LogP contribution in [-0.2, 0) is 4.79 Å². The van der Waals surface area contributed by atoms with Gasteiger partial charge in [-0.05, 0) is 11.5 Å². The molecule has 1 saturated heterocycles. The molecule has 1 aliphatic heterocycles. The second-order valence-electron chi connectivity index (χ2n) is 5.91. The standard InChI is InChI=1S/C16H25N3O/c1-13(2)12-18-8-10-19(11-9-18)16(20)15(17)14-6-4-3-5-7-14/h3-7,13,15H,8-12,17H2,1-2H3. The lowest BCUT2D eigenvalue weighted by molar-refractivity contribution is -0.134. The lowest BCUT2D eigenvalue weighted by Gasteiger charge is -2.36. The van der Waals surface area contributed by atoms with Gasteiger partial charge in [0.1, 0.15) is 6.04 Å². The molecule has 0 radical (unpaired) electrons. The zero-order valence-electron chi connectivity index (χ0n) is 12.5. The molecule has 1 heterocycles. The van der Waals surface area contributed by atoms with Crippen LogP contribution in [0.25, 0.3) is 0 Å². The van der Waals surface area contributed by atoms with Gasteiger partial charge < -0.3 is 10.6 Å². The first-order valence-electron chi connectivity index (χ1n) is 7.39. The van der Waals surface area contributed by atoms with Gasteiger partial charge in [-0.3, -0.25) is 9.69 Å². The van der Waals surface area contributed by atoms with Crippen LogP contribution in [0.3, 0.4) is 0 Å². The van der Waals surface area contributed by atoms with Crippen LogP contribution < -0.4 is 5.73 Å². The Hall–Kier alpha value is -1.39. The fraction of sp³-hybridized carbons (Fsp3) is 0.562. The molecule has 4 nitrogen and oxygen atoms in total. The molecule has 110 valence electrons. The smallest absolute Gasteiger partial charge is 0.244 e. The van der Waals surface area contributed by atoms with E-state index in [0.717, 1.165) is 38.3 Å². The summed E-state index contributed by atoms with van der Waals surface area (Å²) in [5, 5.41) is 0. The predicted molar refractivity (Wildman–Crippen MR) is 81.2 cm³/mol. The van der Waals surface area contributed by atoms with Crippen molar-refractivity contribution in [1.29, 1.82) is 0 Å². The number of benzene rings is 1. The van der Waals surface area contributed by atoms with Crippen molar-refractivity contribution in [3.8, 4) is 0 Å². The van der Waals surface area contributed by atoms with Crippen LogP contribution >= 0.6 is 0 Å². The first kappa shape index (κ1) is 15.0. The molecule has 2 rings (SSSR count). The van der Waals surface area contributed by atoms with E-state index in [1.807, 2.05) is 35.2 Å². The summed E-state index contributed by atoms with van der Waals surface area (Å²) < 4.78 is 0. The molecule has 0 spiro atoms. The summed E-state index contributed by atoms with van der Waals surface area (Å²) in [6.45, 7) is 9.02. The zero-order valence-corrected chi connectivity index (χ0v) is 12.5. The molecular formula is C16H25N3O. The number of carbonyl (C=O) groups is 1. The third-order valence-electron chi connectivity index (χ3n) is 3.73. The summed E-state index contributed by atoms with van der Waals surface area (Å²) in [5.41, 5.74) is 6.97. The lowest BCUT2D eigenvalue weighted by Crippen LogP contribution is -2.51. The molecule has 0 bridgehead atoms. The van der Waals surface area contributed by atoms with Crippen LogP contribution in [0.15, 0.2) is 30.3 Å². The molecule has 4 heteroatoms. The summed E-state index contributed by atoms with van der Waals surface area (Å²) in [5.74, 6) is 0.712. The number of amides is 1. The summed E-state index contributed by atoms with van der Waals surface area (Å²) in [4.78, 5) is 16.7. The molecule has 2 N–H and O–H groups in total. The highest BCUT2D eigenvalue weighted by molar-refractivity contribution is 5.83. The molecule has 1 fully saturated rings. The van der Waals surface area contributed by atoms with Gasteiger partial charge in [-0.25, -0.2) is 0 Å². The van der Waals surface area contributed by atoms with E-state index in [2.05, 4.69) is 18.7 Å². The number of hydrogen-bond acceptors (Lipinski definition) is 3. The van der Waals surface area contributed by atoms with E-state index in [1.165, 1.54) is 0 Å². The Morgan fingerprint density at radius 2 is 1.75 bits per heavy atom. The molecule has 0 aliphatic carbocycles. The Morgan fingerprint density at radius 1 is 1.15 bits per heavy atom. The zero-order chi connectivity index (χ0) is 14.5. The Morgan fingerprint density at radius 3 is 2.30 bits per heavy atom. The average Bonchev–Trinajstić information content (AvgIpc) is 2.47. The number of carbonyl (C=O) groups excluding carboxylic acids is 1. The van der Waals surface area contributed by atoms with Crippen molar-refractivity contribution in [2.45, 2.75) is 19.9 Å². The molecule has 1 unspecified atom stereocenters. The van der Waals surface area contributed by atoms with Gasteiger partial charge in [0, 0.05) is 32.7 Å². The third-order valence-corrected chi connectivity index (χ3v) is 3.73. The molecule has 1 aliphatic rings. The second-order valence-corrected chi connectivity index (χ2v) is 5.91. The molecule has 0 saturated carbocycles. The highest BCUT2D eigenvalue weighted by Crippen LogP contribution is 2.14. The van der Waals surface area contributed by atoms with Gasteiger partial charge in [0.05, 0.1) is 0 Å². The van der Waals surface area contributed by atoms with Crippen LogP contribution in [-0.4, -0.2) is 48.4 Å². The topological polar surface area (TPSA) is 49.6 Å². The fourth-order valence-electron chi connectivity index (χ4n) is 2.67. The number of rotatable bonds is 4. The van der Waals surface area contributed by atoms with E-state index in [9.17, 15) is 4.79 Å². The van der Waals surface area contributed by atoms with Crippen LogP contribution in [0.1, 0.15) is 25.5 Å². The maximum atomic E-state index is 12.4. The Bertz CT molecular complexity index is 425. The van der Waals surface area contributed by atoms with Crippen LogP contribution in [0.5, 0.6) is 0 Å². The van der Waals surface area contributed by atoms with E-state index < -0.39 is 6.04 Å². The number of hydrogen-bond donors (Lipinski definition) is 1. The first-order valence-corrected chi connectivity index (χ1v) is 7.39. The van der Waals surface area contributed by atoms with E-state index in [1.54, 1.807) is 0 Å². The van der Waals surface area contributed by atoms with E-state index in [4.69, 9.17) is 5.73 Å². The van der Waals surface area contributed by atoms with Crippen molar-refractivity contribution in [1.82, 2.24) is 9.80 Å². The Kier molecular flexibility index (Phi) is 5.15. The minimum absolute atomic E-state index is 0.0420. The van der Waals surface area contributed by atoms with Crippen molar-refractivity contribution in [2.75, 3.05) is 32.7 Å². The van der Waals surface area contributed by atoms with Crippen molar-refractivity contribution >= 4 is 5.91 Å². The highest BCUT2D eigenvalue weighted by atomic mass is 16.2. The molecule has 20 heavy (non-hydrogen) atoms. The molecule has 1 amide bonds. The molecule has 0 aromatic heterocycles. The molecule has 1 aromatic carbocycles. The van der Waals surface area contributed by atoms with Crippen LogP contribution in [0, 0.1) is 5.92 Å². The second kappa shape index (κ2) is 6.86. The monoisotopic (exact) mass is 275 g/mol. The minimum Gasteiger partial charge on any atom is -0.338 e. The van der Waals surface area contributed by atoms with Crippen LogP contribution in [0.4, 0.5) is 0 Å². The first-order chi connectivity index (χ1) is 9.58. The van der Waals surface area contributed by atoms with Crippen molar-refractivity contribution in [2.24, 2.45) is 11.7 Å². The van der Waals surface area contributed by atoms with Gasteiger partial charge in [-0.15, -0.1) is 0 Å². The average molecular weight is 275 g/mol. The maximum Gasteiger partial charge on any atom is 0.244 e. The fourth-order valence-corrected chi connectivity index (χ4v) is 2.67. The SMILES string of the molecule is CC(C)CN1CCN(C(=O)C(N)c2ccccc2)CC1. The predicted octanol–water partition coefficient (Wildman–Crippen LogP) is 1.49. The van der Waals surface area contributed by atoms with E-state index in [-0.39, 0.29) is 5.91 Å². The van der Waals surface area contributed by atoms with Crippen molar-refractivity contribution in [3.63, 3.8) is 0 Å². The van der Waals surface area contributed by atoms with Gasteiger partial charge in [-0.1, -0.05) is 44.2 Å². The number of nitrogens with zero attached hydrogens (tertiary/aromatic N) is 2. The minimum atomic E-state index is -0.534. The van der Waals surface area contributed by atoms with Crippen molar-refractivity contribution in [3.05, 3.63) is 35.9 Å². The van der Waals surface area contributed by atoms with Crippen molar-refractivity contribution < 1.29 is 4.79 Å². The maximum absolute atomic E-state index is 12.4. The molecule has 1 atom stereocenters.